The van der Waals surface area contributed by atoms with Crippen LogP contribution < -0.4 is 0 Å². The highest BCUT2D eigenvalue weighted by atomic mass is 32.1. The van der Waals surface area contributed by atoms with E-state index in [1.54, 1.807) is 6.26 Å². The molecule has 0 aromatic rings. The minimum absolute atomic E-state index is 0.318. The number of methoxy groups -OCH3 is 1. The van der Waals surface area contributed by atoms with Gasteiger partial charge in [0, 0.05) is 12.2 Å². The van der Waals surface area contributed by atoms with E-state index in [9.17, 15) is 14.4 Å². The van der Waals surface area contributed by atoms with Crippen molar-refractivity contribution in [1.29, 1.82) is 0 Å². The Morgan fingerprint density at radius 2 is 1.79 bits per heavy atom. The highest BCUT2D eigenvalue weighted by Gasteiger charge is 2.25. The van der Waals surface area contributed by atoms with Crippen molar-refractivity contribution in [3.05, 3.63) is 12.2 Å². The zero-order valence-electron chi connectivity index (χ0n) is 7.89. The fraction of sp³-hybridized carbons (Fsp3) is 0.375. The van der Waals surface area contributed by atoms with Crippen LogP contribution in [0.2, 0.25) is 0 Å². The summed E-state index contributed by atoms with van der Waals surface area (Å²) in [5, 5.41) is 0. The van der Waals surface area contributed by atoms with Gasteiger partial charge < -0.3 is 4.74 Å². The minimum atomic E-state index is -0.611. The van der Waals surface area contributed by atoms with Gasteiger partial charge in [0.1, 0.15) is 6.54 Å². The van der Waals surface area contributed by atoms with Gasteiger partial charge in [-0.15, -0.1) is 0 Å². The molecule has 0 spiro atoms. The molecule has 0 radical (unpaired) electrons. The van der Waals surface area contributed by atoms with Crippen molar-refractivity contribution >= 4 is 30.4 Å². The van der Waals surface area contributed by atoms with Crippen LogP contribution >= 0.6 is 12.6 Å². The molecule has 1 aliphatic rings. The summed E-state index contributed by atoms with van der Waals surface area (Å²) in [7, 11) is 1.20. The van der Waals surface area contributed by atoms with Crippen LogP contribution in [0.3, 0.4) is 0 Å². The second kappa shape index (κ2) is 6.20. The molecule has 14 heavy (non-hydrogen) atoms. The molecule has 78 valence electrons. The Morgan fingerprint density at radius 1 is 1.36 bits per heavy atom. The zero-order chi connectivity index (χ0) is 11.1. The lowest BCUT2D eigenvalue weighted by atomic mass is 10.5. The van der Waals surface area contributed by atoms with Gasteiger partial charge in [-0.2, -0.15) is 12.6 Å². The monoisotopic (exact) mass is 217 g/mol. The van der Waals surface area contributed by atoms with Crippen LogP contribution in [0.1, 0.15) is 0 Å². The van der Waals surface area contributed by atoms with E-state index in [-0.39, 0.29) is 6.54 Å². The molecule has 0 aromatic heterocycles. The molecule has 6 heteroatoms. The average Bonchev–Trinajstić information content (AvgIpc) is 2.52. The molecule has 1 aliphatic heterocycles. The Kier molecular flexibility index (Phi) is 5.62. The third-order valence-electron chi connectivity index (χ3n) is 1.42. The fourth-order valence-electron chi connectivity index (χ4n) is 0.781. The lowest BCUT2D eigenvalue weighted by Crippen LogP contribution is -2.35. The molecule has 0 aliphatic carbocycles. The van der Waals surface area contributed by atoms with Crippen molar-refractivity contribution in [3.8, 4) is 0 Å². The van der Waals surface area contributed by atoms with E-state index in [1.165, 1.54) is 7.11 Å². The van der Waals surface area contributed by atoms with Crippen LogP contribution in [-0.2, 0) is 19.1 Å². The van der Waals surface area contributed by atoms with Crippen molar-refractivity contribution in [2.24, 2.45) is 0 Å². The maximum atomic E-state index is 10.8. The Morgan fingerprint density at radius 3 is 2.14 bits per heavy atom. The summed E-state index contributed by atoms with van der Waals surface area (Å²) < 4.78 is 4.30. The highest BCUT2D eigenvalue weighted by molar-refractivity contribution is 7.79. The lowest BCUT2D eigenvalue weighted by Gasteiger charge is -2.10. The van der Waals surface area contributed by atoms with Gasteiger partial charge in [-0.3, -0.25) is 19.3 Å². The number of ether oxygens (including phenoxy) is 1. The van der Waals surface area contributed by atoms with Crippen molar-refractivity contribution in [3.63, 3.8) is 0 Å². The highest BCUT2D eigenvalue weighted by Crippen LogP contribution is 2.02. The number of nitrogens with zero attached hydrogens (tertiary/aromatic N) is 1. The number of carbonyl (C=O) groups excluding carboxylic acids is 3. The molecule has 0 atom stereocenters. The number of hydrogen-bond donors (Lipinski definition) is 1. The molecule has 0 saturated carbocycles. The quantitative estimate of drug-likeness (QED) is 0.389. The predicted octanol–water partition coefficient (Wildman–Crippen LogP) is -0.370. The van der Waals surface area contributed by atoms with E-state index in [2.05, 4.69) is 17.4 Å². The molecule has 1 rings (SSSR count). The third kappa shape index (κ3) is 3.21. The first kappa shape index (κ1) is 12.7. The van der Waals surface area contributed by atoms with Gasteiger partial charge in [0.25, 0.3) is 11.8 Å². The molecular formula is C8H11NO4S. The van der Waals surface area contributed by atoms with Gasteiger partial charge in [-0.1, -0.05) is 0 Å². The Labute approximate surface area is 87.1 Å². The lowest BCUT2D eigenvalue weighted by molar-refractivity contribution is -0.149. The van der Waals surface area contributed by atoms with Crippen LogP contribution in [0.25, 0.3) is 0 Å². The molecule has 0 fully saturated rings. The summed E-state index contributed by atoms with van der Waals surface area (Å²) in [5.41, 5.74) is 0. The van der Waals surface area contributed by atoms with E-state index in [1.807, 2.05) is 0 Å². The standard InChI is InChI=1S/C7H7NO4.CH4S/c1-12-7(11)4-8-5(9)2-3-6(8)10;1-2/h2-3H,4H2,1H3;2H,1H3. The molecule has 0 aromatic carbocycles. The summed E-state index contributed by atoms with van der Waals surface area (Å²) in [5.74, 6) is -1.57. The Balaban J connectivity index is 0.000000791. The third-order valence-corrected chi connectivity index (χ3v) is 1.42. The molecule has 0 N–H and O–H groups in total. The van der Waals surface area contributed by atoms with E-state index in [0.717, 1.165) is 17.1 Å². The second-order valence-corrected chi connectivity index (χ2v) is 2.17. The summed E-state index contributed by atoms with van der Waals surface area (Å²) in [6, 6.07) is 0. The van der Waals surface area contributed by atoms with Gasteiger partial charge in [0.05, 0.1) is 7.11 Å². The summed E-state index contributed by atoms with van der Waals surface area (Å²) in [4.78, 5) is 33.2. The van der Waals surface area contributed by atoms with Crippen molar-refractivity contribution in [2.45, 2.75) is 0 Å². The van der Waals surface area contributed by atoms with E-state index >= 15 is 0 Å². The summed E-state index contributed by atoms with van der Waals surface area (Å²) in [6.45, 7) is -0.318. The van der Waals surface area contributed by atoms with Crippen LogP contribution in [-0.4, -0.2) is 42.6 Å². The number of carbonyl (C=O) groups is 3. The number of thiol groups is 1. The van der Waals surface area contributed by atoms with Crippen molar-refractivity contribution in [2.75, 3.05) is 19.9 Å². The van der Waals surface area contributed by atoms with Crippen molar-refractivity contribution < 1.29 is 19.1 Å². The van der Waals surface area contributed by atoms with Crippen LogP contribution in [0, 0.1) is 0 Å². The van der Waals surface area contributed by atoms with Gasteiger partial charge >= 0.3 is 5.97 Å². The molecule has 5 nitrogen and oxygen atoms in total. The van der Waals surface area contributed by atoms with E-state index in [4.69, 9.17) is 0 Å². The predicted molar refractivity (Wildman–Crippen MR) is 52.8 cm³/mol. The maximum absolute atomic E-state index is 10.8. The summed E-state index contributed by atoms with van der Waals surface area (Å²) in [6.07, 6.45) is 3.93. The fourth-order valence-corrected chi connectivity index (χ4v) is 0.781. The van der Waals surface area contributed by atoms with Gasteiger partial charge in [-0.05, 0) is 6.26 Å². The largest absolute Gasteiger partial charge is 0.468 e. The van der Waals surface area contributed by atoms with Crippen LogP contribution in [0.5, 0.6) is 0 Å². The average molecular weight is 217 g/mol. The number of hydrogen-bond acceptors (Lipinski definition) is 5. The molecule has 0 unspecified atom stereocenters. The molecule has 0 saturated heterocycles. The number of amides is 2. The summed E-state index contributed by atoms with van der Waals surface area (Å²) >= 11 is 3.53. The van der Waals surface area contributed by atoms with E-state index in [0.29, 0.717) is 0 Å². The normalized spacial score (nSPS) is 13.8. The molecule has 2 amide bonds. The maximum Gasteiger partial charge on any atom is 0.325 e. The van der Waals surface area contributed by atoms with Gasteiger partial charge in [0.2, 0.25) is 0 Å². The minimum Gasteiger partial charge on any atom is -0.468 e. The first-order valence-electron chi connectivity index (χ1n) is 3.70. The Hall–Kier alpha value is -1.30. The van der Waals surface area contributed by atoms with Gasteiger partial charge in [-0.25, -0.2) is 0 Å². The second-order valence-electron chi connectivity index (χ2n) is 2.17. The SMILES string of the molecule is COC(=O)CN1C(=O)C=CC1=O.CS. The molecular weight excluding hydrogens is 206 g/mol. The Bertz CT molecular complexity index is 257. The number of esters is 1. The van der Waals surface area contributed by atoms with Crippen LogP contribution in [0.15, 0.2) is 12.2 Å². The first-order valence-corrected chi connectivity index (χ1v) is 4.59. The first-order chi connectivity index (χ1) is 6.65. The number of imide groups is 1. The smallest absolute Gasteiger partial charge is 0.325 e. The molecule has 1 heterocycles. The number of rotatable bonds is 2. The molecule has 0 bridgehead atoms. The van der Waals surface area contributed by atoms with Crippen LogP contribution in [0.4, 0.5) is 0 Å². The topological polar surface area (TPSA) is 63.7 Å². The van der Waals surface area contributed by atoms with Crippen molar-refractivity contribution in [1.82, 2.24) is 4.90 Å². The zero-order valence-corrected chi connectivity index (χ0v) is 8.78. The van der Waals surface area contributed by atoms with E-state index < -0.39 is 17.8 Å². The van der Waals surface area contributed by atoms with Gasteiger partial charge in [0.15, 0.2) is 0 Å².